The van der Waals surface area contributed by atoms with E-state index in [1.165, 1.54) is 32.1 Å². The number of hydrogen-bond acceptors (Lipinski definition) is 5. The molecule has 2 N–H and O–H groups in total. The van der Waals surface area contributed by atoms with Crippen molar-refractivity contribution in [3.05, 3.63) is 5.28 Å². The van der Waals surface area contributed by atoms with Gasteiger partial charge >= 0.3 is 0 Å². The largest absolute Gasteiger partial charge is 0.354 e. The van der Waals surface area contributed by atoms with E-state index in [0.717, 1.165) is 6.54 Å². The first-order chi connectivity index (χ1) is 9.19. The molecule has 1 aromatic heterocycles. The fourth-order valence-electron chi connectivity index (χ4n) is 2.53. The van der Waals surface area contributed by atoms with Crippen LogP contribution in [0.3, 0.4) is 0 Å². The number of anilines is 2. The Morgan fingerprint density at radius 2 is 1.84 bits per heavy atom. The maximum atomic E-state index is 5.93. The molecule has 0 aliphatic heterocycles. The minimum Gasteiger partial charge on any atom is -0.354 e. The van der Waals surface area contributed by atoms with Crippen LogP contribution in [0, 0.1) is 5.92 Å². The van der Waals surface area contributed by atoms with Crippen molar-refractivity contribution >= 4 is 23.5 Å². The van der Waals surface area contributed by atoms with Gasteiger partial charge in [0, 0.05) is 12.6 Å². The summed E-state index contributed by atoms with van der Waals surface area (Å²) < 4.78 is 0. The standard InChI is InChI=1S/C13H22ClN5/c1-3-15-12-17-11(14)18-13(19-12)16-10-8-6-4-5-7-9(10)2/h9-10H,3-8H2,1-2H3,(H2,15,16,17,18,19). The van der Waals surface area contributed by atoms with Gasteiger partial charge in [-0.3, -0.25) is 0 Å². The Bertz CT molecular complexity index is 412. The second kappa shape index (κ2) is 6.89. The molecule has 5 nitrogen and oxygen atoms in total. The third-order valence-corrected chi connectivity index (χ3v) is 3.79. The molecule has 1 saturated carbocycles. The molecule has 0 aromatic carbocycles. The van der Waals surface area contributed by atoms with Crippen LogP contribution in [-0.2, 0) is 0 Å². The van der Waals surface area contributed by atoms with Gasteiger partial charge in [-0.1, -0.05) is 26.2 Å². The van der Waals surface area contributed by atoms with Crippen molar-refractivity contribution < 1.29 is 0 Å². The van der Waals surface area contributed by atoms with Crippen LogP contribution >= 0.6 is 11.6 Å². The van der Waals surface area contributed by atoms with Crippen LogP contribution in [0.5, 0.6) is 0 Å². The summed E-state index contributed by atoms with van der Waals surface area (Å²) in [5.74, 6) is 1.75. The van der Waals surface area contributed by atoms with Crippen LogP contribution < -0.4 is 10.6 Å². The highest BCUT2D eigenvalue weighted by molar-refractivity contribution is 6.28. The third-order valence-electron chi connectivity index (χ3n) is 3.62. The van der Waals surface area contributed by atoms with Crippen molar-refractivity contribution in [1.29, 1.82) is 0 Å². The molecule has 106 valence electrons. The molecule has 1 fully saturated rings. The minimum atomic E-state index is 0.231. The smallest absolute Gasteiger partial charge is 0.229 e. The van der Waals surface area contributed by atoms with E-state index in [0.29, 0.717) is 23.9 Å². The first kappa shape index (κ1) is 14.3. The van der Waals surface area contributed by atoms with Gasteiger partial charge in [-0.2, -0.15) is 15.0 Å². The second-order valence-electron chi connectivity index (χ2n) is 5.15. The van der Waals surface area contributed by atoms with Crippen molar-refractivity contribution in [3.63, 3.8) is 0 Å². The predicted molar refractivity (Wildman–Crippen MR) is 78.7 cm³/mol. The van der Waals surface area contributed by atoms with Gasteiger partial charge < -0.3 is 10.6 Å². The average molecular weight is 284 g/mol. The van der Waals surface area contributed by atoms with Crippen molar-refractivity contribution in [2.45, 2.75) is 52.0 Å². The van der Waals surface area contributed by atoms with E-state index in [9.17, 15) is 0 Å². The number of rotatable bonds is 4. The lowest BCUT2D eigenvalue weighted by atomic mass is 9.97. The molecule has 1 aromatic rings. The van der Waals surface area contributed by atoms with Crippen LogP contribution in [0.4, 0.5) is 11.9 Å². The van der Waals surface area contributed by atoms with E-state index in [1.807, 2.05) is 6.92 Å². The maximum Gasteiger partial charge on any atom is 0.229 e. The van der Waals surface area contributed by atoms with E-state index in [1.54, 1.807) is 0 Å². The Morgan fingerprint density at radius 3 is 2.63 bits per heavy atom. The van der Waals surface area contributed by atoms with Gasteiger partial charge in [-0.25, -0.2) is 0 Å². The van der Waals surface area contributed by atoms with Gasteiger partial charge in [0.2, 0.25) is 17.2 Å². The summed E-state index contributed by atoms with van der Waals surface area (Å²) in [7, 11) is 0. The minimum absolute atomic E-state index is 0.231. The van der Waals surface area contributed by atoms with E-state index in [2.05, 4.69) is 32.5 Å². The normalized spacial score (nSPS) is 23.7. The van der Waals surface area contributed by atoms with E-state index in [4.69, 9.17) is 11.6 Å². The van der Waals surface area contributed by atoms with Crippen LogP contribution in [-0.4, -0.2) is 27.5 Å². The van der Waals surface area contributed by atoms with Gasteiger partial charge in [0.25, 0.3) is 0 Å². The molecular formula is C13H22ClN5. The number of halogens is 1. The summed E-state index contributed by atoms with van der Waals surface area (Å²) in [5.41, 5.74) is 0. The molecule has 0 bridgehead atoms. The molecule has 0 amide bonds. The van der Waals surface area contributed by atoms with E-state index >= 15 is 0 Å². The Hall–Kier alpha value is -1.10. The van der Waals surface area contributed by atoms with Crippen LogP contribution in [0.25, 0.3) is 0 Å². The van der Waals surface area contributed by atoms with Crippen molar-refractivity contribution in [3.8, 4) is 0 Å². The highest BCUT2D eigenvalue weighted by atomic mass is 35.5. The number of nitrogens with one attached hydrogen (secondary N) is 2. The summed E-state index contributed by atoms with van der Waals surface area (Å²) >= 11 is 5.93. The van der Waals surface area contributed by atoms with Crippen LogP contribution in [0.2, 0.25) is 5.28 Å². The molecule has 2 atom stereocenters. The number of aromatic nitrogens is 3. The molecule has 1 aliphatic rings. The van der Waals surface area contributed by atoms with E-state index in [-0.39, 0.29) is 5.28 Å². The maximum absolute atomic E-state index is 5.93. The Labute approximate surface area is 119 Å². The Morgan fingerprint density at radius 1 is 1.11 bits per heavy atom. The molecule has 2 rings (SSSR count). The fraction of sp³-hybridized carbons (Fsp3) is 0.769. The second-order valence-corrected chi connectivity index (χ2v) is 5.49. The van der Waals surface area contributed by atoms with Gasteiger partial charge in [0.15, 0.2) is 0 Å². The van der Waals surface area contributed by atoms with Gasteiger partial charge in [-0.15, -0.1) is 0 Å². The van der Waals surface area contributed by atoms with Gasteiger partial charge in [0.05, 0.1) is 0 Å². The summed E-state index contributed by atoms with van der Waals surface area (Å²) in [6.45, 7) is 5.05. The van der Waals surface area contributed by atoms with Crippen molar-refractivity contribution in [1.82, 2.24) is 15.0 Å². The van der Waals surface area contributed by atoms with Crippen molar-refractivity contribution in [2.24, 2.45) is 5.92 Å². The highest BCUT2D eigenvalue weighted by Crippen LogP contribution is 2.25. The molecule has 0 saturated heterocycles. The molecule has 1 aliphatic carbocycles. The zero-order valence-corrected chi connectivity index (χ0v) is 12.4. The lowest BCUT2D eigenvalue weighted by Crippen LogP contribution is -2.27. The molecular weight excluding hydrogens is 262 g/mol. The summed E-state index contributed by atoms with van der Waals surface area (Å²) in [6.07, 6.45) is 6.33. The summed E-state index contributed by atoms with van der Waals surface area (Å²) in [6, 6.07) is 0.426. The topological polar surface area (TPSA) is 62.7 Å². The lowest BCUT2D eigenvalue weighted by molar-refractivity contribution is 0.454. The zero-order valence-electron chi connectivity index (χ0n) is 11.6. The fourth-order valence-corrected chi connectivity index (χ4v) is 2.69. The SMILES string of the molecule is CCNc1nc(Cl)nc(NC2CCCCCC2C)n1. The van der Waals surface area contributed by atoms with E-state index < -0.39 is 0 Å². The monoisotopic (exact) mass is 283 g/mol. The first-order valence-corrected chi connectivity index (χ1v) is 7.49. The molecule has 6 heteroatoms. The molecule has 0 radical (unpaired) electrons. The zero-order chi connectivity index (χ0) is 13.7. The quantitative estimate of drug-likeness (QED) is 0.830. The summed E-state index contributed by atoms with van der Waals surface area (Å²) in [4.78, 5) is 12.6. The molecule has 2 unspecified atom stereocenters. The third kappa shape index (κ3) is 4.20. The first-order valence-electron chi connectivity index (χ1n) is 7.11. The summed E-state index contributed by atoms with van der Waals surface area (Å²) in [5, 5.41) is 6.72. The lowest BCUT2D eigenvalue weighted by Gasteiger charge is -2.22. The average Bonchev–Trinajstić information content (AvgIpc) is 2.55. The van der Waals surface area contributed by atoms with Gasteiger partial charge in [0.1, 0.15) is 0 Å². The van der Waals surface area contributed by atoms with Crippen LogP contribution in [0.15, 0.2) is 0 Å². The highest BCUT2D eigenvalue weighted by Gasteiger charge is 2.20. The molecule has 1 heterocycles. The van der Waals surface area contributed by atoms with Crippen LogP contribution in [0.1, 0.15) is 46.0 Å². The van der Waals surface area contributed by atoms with Crippen molar-refractivity contribution in [2.75, 3.05) is 17.2 Å². The Kier molecular flexibility index (Phi) is 5.19. The Balaban J connectivity index is 2.08. The molecule has 19 heavy (non-hydrogen) atoms. The molecule has 0 spiro atoms. The van der Waals surface area contributed by atoms with Gasteiger partial charge in [-0.05, 0) is 37.3 Å². The number of hydrogen-bond donors (Lipinski definition) is 2. The number of nitrogens with zero attached hydrogens (tertiary/aromatic N) is 3. The predicted octanol–water partition coefficient (Wildman–Crippen LogP) is 3.34.